The van der Waals surface area contributed by atoms with Crippen molar-refractivity contribution < 1.29 is 0 Å². The molecule has 0 radical (unpaired) electrons. The Kier molecular flexibility index (Phi) is 9.13. The van der Waals surface area contributed by atoms with Crippen LogP contribution in [-0.4, -0.2) is 19.1 Å². The zero-order chi connectivity index (χ0) is 50.0. The largest absolute Gasteiger partial charge is 0.294 e. The van der Waals surface area contributed by atoms with Gasteiger partial charge in [0.15, 0.2) is 0 Å². The molecule has 11 aromatic carbocycles. The van der Waals surface area contributed by atoms with Gasteiger partial charge in [-0.15, -0.1) is 0 Å². The summed E-state index contributed by atoms with van der Waals surface area (Å²) in [7, 11) is 0. The average Bonchev–Trinajstić information content (AvgIpc) is 4.40. The van der Waals surface area contributed by atoms with Crippen molar-refractivity contribution in [2.45, 2.75) is 10.8 Å². The van der Waals surface area contributed by atoms with E-state index < -0.39 is 10.8 Å². The van der Waals surface area contributed by atoms with Crippen LogP contribution in [0.2, 0.25) is 0 Å². The van der Waals surface area contributed by atoms with Gasteiger partial charge in [-0.3, -0.25) is 9.13 Å². The van der Waals surface area contributed by atoms with E-state index in [0.29, 0.717) is 5.95 Å². The van der Waals surface area contributed by atoms with Gasteiger partial charge in [-0.05, 0) is 103 Å². The highest BCUT2D eigenvalue weighted by Crippen LogP contribution is 2.59. The smallest absolute Gasteiger partial charge is 0.237 e. The molecule has 0 bridgehead atoms. The van der Waals surface area contributed by atoms with Crippen LogP contribution in [0.4, 0.5) is 0 Å². The summed E-state index contributed by atoms with van der Waals surface area (Å²) in [4.78, 5) is 11.5. The predicted octanol–water partition coefficient (Wildman–Crippen LogP) is 17.1. The Hall–Kier alpha value is -9.90. The van der Waals surface area contributed by atoms with E-state index in [0.717, 1.165) is 49.9 Å². The summed E-state index contributed by atoms with van der Waals surface area (Å²) >= 11 is 0. The molecule has 0 unspecified atom stereocenters. The number of hydrogen-bond acceptors (Lipinski definition) is 2. The molecule has 354 valence electrons. The Labute approximate surface area is 440 Å². The second kappa shape index (κ2) is 16.3. The molecule has 3 aromatic heterocycles. The summed E-state index contributed by atoms with van der Waals surface area (Å²) in [5.41, 5.74) is 19.9. The Morgan fingerprint density at radius 2 is 0.645 bits per heavy atom. The topological polar surface area (TPSA) is 35.6 Å². The summed E-state index contributed by atoms with van der Waals surface area (Å²) in [6.45, 7) is 0. The number of hydrogen-bond donors (Lipinski definition) is 0. The first-order valence-electron chi connectivity index (χ1n) is 26.2. The molecular formula is C72H46N4. The van der Waals surface area contributed by atoms with Crippen LogP contribution >= 0.6 is 0 Å². The zero-order valence-electron chi connectivity index (χ0n) is 41.3. The highest BCUT2D eigenvalue weighted by atomic mass is 15.2. The van der Waals surface area contributed by atoms with E-state index in [1.807, 2.05) is 0 Å². The molecular weight excluding hydrogens is 921 g/mol. The molecule has 76 heavy (non-hydrogen) atoms. The first-order valence-corrected chi connectivity index (χ1v) is 26.2. The molecule has 2 aliphatic rings. The van der Waals surface area contributed by atoms with Gasteiger partial charge in [0.05, 0.1) is 38.6 Å². The Morgan fingerprint density at radius 3 is 1.12 bits per heavy atom. The van der Waals surface area contributed by atoms with Gasteiger partial charge in [0.2, 0.25) is 5.95 Å². The third kappa shape index (κ3) is 5.78. The fraction of sp³-hybridized carbons (Fsp3) is 0.0278. The summed E-state index contributed by atoms with van der Waals surface area (Å²) in [5.74, 6) is 1.39. The summed E-state index contributed by atoms with van der Waals surface area (Å²) in [6.07, 6.45) is 0. The van der Waals surface area contributed by atoms with Crippen LogP contribution in [0, 0.1) is 0 Å². The zero-order valence-corrected chi connectivity index (χ0v) is 41.3. The molecule has 4 heteroatoms. The van der Waals surface area contributed by atoms with Crippen LogP contribution in [0.25, 0.3) is 88.9 Å². The number of para-hydroxylation sites is 2. The van der Waals surface area contributed by atoms with Crippen molar-refractivity contribution in [1.82, 2.24) is 19.1 Å². The van der Waals surface area contributed by atoms with Crippen LogP contribution in [0.3, 0.4) is 0 Å². The quantitative estimate of drug-likeness (QED) is 0.160. The minimum Gasteiger partial charge on any atom is -0.294 e. The summed E-state index contributed by atoms with van der Waals surface area (Å²) in [5, 5.41) is 4.64. The molecule has 16 rings (SSSR count). The van der Waals surface area contributed by atoms with Gasteiger partial charge in [-0.25, -0.2) is 4.98 Å². The Morgan fingerprint density at radius 1 is 0.263 bits per heavy atom. The van der Waals surface area contributed by atoms with Crippen molar-refractivity contribution in [2.24, 2.45) is 0 Å². The molecule has 0 spiro atoms. The van der Waals surface area contributed by atoms with Crippen LogP contribution in [0.5, 0.6) is 0 Å². The maximum Gasteiger partial charge on any atom is 0.237 e. The number of nitrogens with zero attached hydrogens (tertiary/aromatic N) is 4. The Bertz CT molecular complexity index is 4260. The molecule has 0 saturated carbocycles. The van der Waals surface area contributed by atoms with Crippen molar-refractivity contribution in [3.8, 4) is 45.3 Å². The minimum atomic E-state index is -0.584. The van der Waals surface area contributed by atoms with E-state index >= 15 is 0 Å². The van der Waals surface area contributed by atoms with E-state index in [2.05, 4.69) is 288 Å². The van der Waals surface area contributed by atoms with Gasteiger partial charge >= 0.3 is 0 Å². The number of benzene rings is 11. The molecule has 4 nitrogen and oxygen atoms in total. The van der Waals surface area contributed by atoms with Gasteiger partial charge in [0.25, 0.3) is 0 Å². The van der Waals surface area contributed by atoms with Gasteiger partial charge in [0.1, 0.15) is 5.82 Å². The third-order valence-electron chi connectivity index (χ3n) is 16.7. The minimum absolute atomic E-state index is 0.576. The van der Waals surface area contributed by atoms with E-state index in [1.165, 1.54) is 77.5 Å². The second-order valence-electron chi connectivity index (χ2n) is 20.4. The third-order valence-corrected chi connectivity index (χ3v) is 16.7. The van der Waals surface area contributed by atoms with Gasteiger partial charge < -0.3 is 0 Å². The van der Waals surface area contributed by atoms with Crippen LogP contribution < -0.4 is 0 Å². The van der Waals surface area contributed by atoms with E-state index in [-0.39, 0.29) is 0 Å². The SMILES string of the molecule is c1ccc(-c2cc(-n3c4ccccc4c4cc5c(cc43)C(c3ccccc3)(c3ccccc3)c3ccccc3-5)nc(-n3c4ccccc4c4cc5c(cc43)C(c3ccccc3)(c3ccccc3)c3ccccc3-5)n2)cc1. The van der Waals surface area contributed by atoms with Crippen molar-refractivity contribution in [3.63, 3.8) is 0 Å². The van der Waals surface area contributed by atoms with Crippen LogP contribution in [0.1, 0.15) is 44.5 Å². The summed E-state index contributed by atoms with van der Waals surface area (Å²) < 4.78 is 4.72. The molecule has 0 fully saturated rings. The fourth-order valence-electron chi connectivity index (χ4n) is 13.7. The molecule has 0 saturated heterocycles. The van der Waals surface area contributed by atoms with Crippen LogP contribution in [0.15, 0.2) is 279 Å². The lowest BCUT2D eigenvalue weighted by Gasteiger charge is -2.34. The van der Waals surface area contributed by atoms with E-state index in [1.54, 1.807) is 0 Å². The van der Waals surface area contributed by atoms with Crippen molar-refractivity contribution in [2.75, 3.05) is 0 Å². The molecule has 14 aromatic rings. The summed E-state index contributed by atoms with van der Waals surface area (Å²) in [6, 6.07) is 102. The Balaban J connectivity index is 1.01. The van der Waals surface area contributed by atoms with Crippen molar-refractivity contribution in [3.05, 3.63) is 324 Å². The standard InChI is InChI=1S/C72H46N4/c1-6-24-47(25-7-1)64-46-69(75-65-40-22-18-36-54(65)58-42-56-52-34-16-20-38-60(52)71(62(56)44-67(58)75,48-26-8-2-9-27-48)49-28-10-3-11-29-49)74-70(73-64)76-66-41-23-19-37-55(66)59-43-57-53-35-17-21-39-61(53)72(63(57)45-68(59)76,50-30-12-4-13-31-50)51-32-14-5-15-33-51/h1-46H. The maximum atomic E-state index is 5.83. The lowest BCUT2D eigenvalue weighted by atomic mass is 9.67. The molecule has 0 aliphatic heterocycles. The van der Waals surface area contributed by atoms with E-state index in [4.69, 9.17) is 9.97 Å². The van der Waals surface area contributed by atoms with Crippen molar-refractivity contribution in [1.29, 1.82) is 0 Å². The molecule has 3 heterocycles. The van der Waals surface area contributed by atoms with Gasteiger partial charge in [-0.2, -0.15) is 4.98 Å². The van der Waals surface area contributed by atoms with Crippen molar-refractivity contribution >= 4 is 43.6 Å². The highest BCUT2D eigenvalue weighted by Gasteiger charge is 2.48. The second-order valence-corrected chi connectivity index (χ2v) is 20.4. The number of fused-ring (bicyclic) bond motifs is 12. The first kappa shape index (κ1) is 42.6. The highest BCUT2D eigenvalue weighted by molar-refractivity contribution is 6.13. The molecule has 2 aliphatic carbocycles. The van der Waals surface area contributed by atoms with E-state index in [9.17, 15) is 0 Å². The lowest BCUT2D eigenvalue weighted by molar-refractivity contribution is 0.769. The predicted molar refractivity (Wildman–Crippen MR) is 311 cm³/mol. The molecule has 0 amide bonds. The normalized spacial score (nSPS) is 13.7. The monoisotopic (exact) mass is 966 g/mol. The first-order chi connectivity index (χ1) is 37.7. The number of aromatic nitrogens is 4. The average molecular weight is 967 g/mol. The lowest BCUT2D eigenvalue weighted by Crippen LogP contribution is -2.28. The molecule has 0 atom stereocenters. The van der Waals surface area contributed by atoms with Crippen LogP contribution in [-0.2, 0) is 10.8 Å². The maximum absolute atomic E-state index is 5.83. The fourth-order valence-corrected chi connectivity index (χ4v) is 13.7. The number of rotatable bonds is 7. The van der Waals surface area contributed by atoms with Gasteiger partial charge in [0, 0.05) is 33.2 Å². The van der Waals surface area contributed by atoms with Gasteiger partial charge in [-0.1, -0.05) is 237 Å². The molecule has 0 N–H and O–H groups in total.